The van der Waals surface area contributed by atoms with E-state index >= 15 is 0 Å². The van der Waals surface area contributed by atoms with E-state index in [1.54, 1.807) is 24.3 Å². The van der Waals surface area contributed by atoms with Crippen LogP contribution < -0.4 is 10.9 Å². The van der Waals surface area contributed by atoms with E-state index in [9.17, 15) is 9.59 Å². The Morgan fingerprint density at radius 1 is 1.17 bits per heavy atom. The zero-order valence-corrected chi connectivity index (χ0v) is 12.2. The van der Waals surface area contributed by atoms with Crippen molar-refractivity contribution in [2.24, 2.45) is 0 Å². The Morgan fingerprint density at radius 2 is 1.94 bits per heavy atom. The van der Waals surface area contributed by atoms with Gasteiger partial charge in [0.15, 0.2) is 0 Å². The minimum atomic E-state index is -0.346. The van der Waals surface area contributed by atoms with Crippen LogP contribution in [0.25, 0.3) is 0 Å². The number of hydrogen-bond donors (Lipinski definition) is 2. The van der Waals surface area contributed by atoms with E-state index in [-0.39, 0.29) is 17.2 Å². The summed E-state index contributed by atoms with van der Waals surface area (Å²) in [5.74, 6) is -0.333. The van der Waals surface area contributed by atoms with Crippen molar-refractivity contribution in [3.05, 3.63) is 61.4 Å². The summed E-state index contributed by atoms with van der Waals surface area (Å²) in [6.07, 6.45) is 1.51. The average molecular weight is 372 g/mol. The van der Waals surface area contributed by atoms with Crippen molar-refractivity contribution >= 4 is 43.5 Å². The fraction of sp³-hybridized carbons (Fsp3) is 0. The van der Waals surface area contributed by atoms with E-state index in [0.29, 0.717) is 10.0 Å². The van der Waals surface area contributed by atoms with Crippen LogP contribution in [0.4, 0.5) is 5.69 Å². The molecule has 1 amide bonds. The second-order valence-corrected chi connectivity index (χ2v) is 5.36. The van der Waals surface area contributed by atoms with Gasteiger partial charge < -0.3 is 10.3 Å². The van der Waals surface area contributed by atoms with E-state index in [2.05, 4.69) is 42.2 Å². The van der Waals surface area contributed by atoms with Crippen LogP contribution in [0.5, 0.6) is 0 Å². The van der Waals surface area contributed by atoms with E-state index in [1.807, 2.05) is 6.07 Å². The Labute approximate surface area is 120 Å². The number of pyridine rings is 1. The molecule has 0 aliphatic rings. The first kappa shape index (κ1) is 13.0. The van der Waals surface area contributed by atoms with Crippen LogP contribution in [0.15, 0.2) is 50.3 Å². The molecular weight excluding hydrogens is 364 g/mol. The molecule has 0 aliphatic carbocycles. The van der Waals surface area contributed by atoms with E-state index < -0.39 is 0 Å². The van der Waals surface area contributed by atoms with Crippen LogP contribution in [-0.4, -0.2) is 10.9 Å². The third-order valence-corrected chi connectivity index (χ3v) is 3.15. The number of aromatic amines is 1. The summed E-state index contributed by atoms with van der Waals surface area (Å²) < 4.78 is 1.49. The maximum absolute atomic E-state index is 11.9. The number of aromatic nitrogens is 1. The molecule has 1 aromatic heterocycles. The monoisotopic (exact) mass is 370 g/mol. The lowest BCUT2D eigenvalue weighted by molar-refractivity contribution is 0.102. The Bertz CT molecular complexity index is 653. The standard InChI is InChI=1S/C12H8Br2N2O2/c13-8-3-1-2-7(4-8)11(17)16-10-5-9(14)6-15-12(10)18/h1-6H,(H,15,18)(H,16,17). The predicted octanol–water partition coefficient (Wildman–Crippen LogP) is 3.15. The van der Waals surface area contributed by atoms with Crippen LogP contribution >= 0.6 is 31.9 Å². The molecule has 0 saturated heterocycles. The van der Waals surface area contributed by atoms with Crippen molar-refractivity contribution in [3.63, 3.8) is 0 Å². The number of carbonyl (C=O) groups excluding carboxylic acids is 1. The molecule has 6 heteroatoms. The third kappa shape index (κ3) is 3.08. The number of H-pyrrole nitrogens is 1. The maximum Gasteiger partial charge on any atom is 0.271 e. The Hall–Kier alpha value is -1.40. The number of benzene rings is 1. The normalized spacial score (nSPS) is 10.1. The zero-order valence-electron chi connectivity index (χ0n) is 9.04. The lowest BCUT2D eigenvalue weighted by Gasteiger charge is -2.05. The maximum atomic E-state index is 11.9. The first-order valence-electron chi connectivity index (χ1n) is 5.01. The molecule has 92 valence electrons. The molecule has 0 aliphatic heterocycles. The van der Waals surface area contributed by atoms with Gasteiger partial charge in [-0.1, -0.05) is 22.0 Å². The van der Waals surface area contributed by atoms with Crippen LogP contribution in [-0.2, 0) is 0 Å². The summed E-state index contributed by atoms with van der Waals surface area (Å²) >= 11 is 6.51. The van der Waals surface area contributed by atoms with Crippen molar-refractivity contribution < 1.29 is 4.79 Å². The van der Waals surface area contributed by atoms with Crippen molar-refractivity contribution in [2.45, 2.75) is 0 Å². The van der Waals surface area contributed by atoms with Gasteiger partial charge >= 0.3 is 0 Å². The van der Waals surface area contributed by atoms with Gasteiger partial charge in [0, 0.05) is 20.7 Å². The molecule has 0 bridgehead atoms. The van der Waals surface area contributed by atoms with Gasteiger partial charge in [0.1, 0.15) is 5.69 Å². The zero-order chi connectivity index (χ0) is 13.1. The molecule has 2 aromatic rings. The van der Waals surface area contributed by atoms with Gasteiger partial charge in [-0.2, -0.15) is 0 Å². The van der Waals surface area contributed by atoms with Crippen LogP contribution in [0, 0.1) is 0 Å². The van der Waals surface area contributed by atoms with E-state index in [1.165, 1.54) is 6.20 Å². The summed E-state index contributed by atoms with van der Waals surface area (Å²) in [4.78, 5) is 25.9. The summed E-state index contributed by atoms with van der Waals surface area (Å²) in [6.45, 7) is 0. The first-order chi connectivity index (χ1) is 8.56. The molecule has 2 N–H and O–H groups in total. The molecule has 1 aromatic carbocycles. The van der Waals surface area contributed by atoms with E-state index in [4.69, 9.17) is 0 Å². The van der Waals surface area contributed by atoms with Crippen LogP contribution in [0.2, 0.25) is 0 Å². The first-order valence-corrected chi connectivity index (χ1v) is 6.60. The highest BCUT2D eigenvalue weighted by atomic mass is 79.9. The van der Waals surface area contributed by atoms with Gasteiger partial charge in [-0.05, 0) is 40.2 Å². The smallest absolute Gasteiger partial charge is 0.271 e. The molecule has 0 radical (unpaired) electrons. The van der Waals surface area contributed by atoms with E-state index in [0.717, 1.165) is 4.47 Å². The van der Waals surface area contributed by atoms with Gasteiger partial charge in [-0.25, -0.2) is 0 Å². The van der Waals surface area contributed by atoms with Crippen LogP contribution in [0.3, 0.4) is 0 Å². The predicted molar refractivity (Wildman–Crippen MR) is 76.9 cm³/mol. The number of rotatable bonds is 2. The Kier molecular flexibility index (Phi) is 3.98. The third-order valence-electron chi connectivity index (χ3n) is 2.20. The summed E-state index contributed by atoms with van der Waals surface area (Å²) in [5, 5.41) is 2.56. The minimum Gasteiger partial charge on any atom is -0.326 e. The molecule has 0 unspecified atom stereocenters. The fourth-order valence-corrected chi connectivity index (χ4v) is 2.12. The molecule has 1 heterocycles. The quantitative estimate of drug-likeness (QED) is 0.851. The molecule has 0 fully saturated rings. The van der Waals surface area contributed by atoms with Gasteiger partial charge in [0.25, 0.3) is 11.5 Å². The number of carbonyl (C=O) groups is 1. The minimum absolute atomic E-state index is 0.203. The SMILES string of the molecule is O=C(Nc1cc(Br)c[nH]c1=O)c1cccc(Br)c1. The van der Waals surface area contributed by atoms with Crippen molar-refractivity contribution in [1.82, 2.24) is 4.98 Å². The molecular formula is C12H8Br2N2O2. The van der Waals surface area contributed by atoms with Crippen molar-refractivity contribution in [2.75, 3.05) is 5.32 Å². The summed E-state index contributed by atoms with van der Waals surface area (Å²) in [5.41, 5.74) is 0.333. The van der Waals surface area contributed by atoms with Crippen molar-refractivity contribution in [1.29, 1.82) is 0 Å². The van der Waals surface area contributed by atoms with Crippen molar-refractivity contribution in [3.8, 4) is 0 Å². The highest BCUT2D eigenvalue weighted by molar-refractivity contribution is 9.10. The van der Waals surface area contributed by atoms with Crippen LogP contribution in [0.1, 0.15) is 10.4 Å². The molecule has 0 spiro atoms. The Morgan fingerprint density at radius 3 is 2.67 bits per heavy atom. The van der Waals surface area contributed by atoms with Gasteiger partial charge in [-0.15, -0.1) is 0 Å². The Balaban J connectivity index is 2.27. The number of halogens is 2. The second-order valence-electron chi connectivity index (χ2n) is 3.53. The summed E-state index contributed by atoms with van der Waals surface area (Å²) in [6, 6.07) is 8.48. The number of hydrogen-bond acceptors (Lipinski definition) is 2. The number of anilines is 1. The lowest BCUT2D eigenvalue weighted by atomic mass is 10.2. The molecule has 4 nitrogen and oxygen atoms in total. The fourth-order valence-electron chi connectivity index (χ4n) is 1.37. The molecule has 0 saturated carbocycles. The average Bonchev–Trinajstić information content (AvgIpc) is 2.34. The van der Waals surface area contributed by atoms with Gasteiger partial charge in [0.05, 0.1) is 0 Å². The highest BCUT2D eigenvalue weighted by Gasteiger charge is 2.09. The number of nitrogens with one attached hydrogen (secondary N) is 2. The highest BCUT2D eigenvalue weighted by Crippen LogP contribution is 2.14. The lowest BCUT2D eigenvalue weighted by Crippen LogP contribution is -2.19. The topological polar surface area (TPSA) is 62.0 Å². The van der Waals surface area contributed by atoms with Gasteiger partial charge in [-0.3, -0.25) is 9.59 Å². The largest absolute Gasteiger partial charge is 0.326 e. The molecule has 0 atom stereocenters. The molecule has 2 rings (SSSR count). The summed E-state index contributed by atoms with van der Waals surface area (Å²) in [7, 11) is 0. The second kappa shape index (κ2) is 5.49. The number of amides is 1. The van der Waals surface area contributed by atoms with Gasteiger partial charge in [0.2, 0.25) is 0 Å². The molecule has 18 heavy (non-hydrogen) atoms.